The molecule has 0 atom stereocenters. The maximum absolute atomic E-state index is 13.7. The molecule has 0 unspecified atom stereocenters. The van der Waals surface area contributed by atoms with Crippen molar-refractivity contribution in [2.45, 2.75) is 44.7 Å². The third-order valence-corrected chi connectivity index (χ3v) is 5.82. The lowest BCUT2D eigenvalue weighted by Crippen LogP contribution is -2.48. The zero-order chi connectivity index (χ0) is 18.3. The van der Waals surface area contributed by atoms with Gasteiger partial charge in [-0.2, -0.15) is 0 Å². The first-order valence-electron chi connectivity index (χ1n) is 9.37. The van der Waals surface area contributed by atoms with Crippen LogP contribution in [0.15, 0.2) is 48.5 Å². The van der Waals surface area contributed by atoms with Crippen LogP contribution >= 0.6 is 0 Å². The average Bonchev–Trinajstić information content (AvgIpc) is 2.83. The van der Waals surface area contributed by atoms with Gasteiger partial charge in [-0.05, 0) is 56.0 Å². The largest absolute Gasteiger partial charge is 0.308 e. The van der Waals surface area contributed by atoms with Crippen molar-refractivity contribution in [3.63, 3.8) is 0 Å². The fraction of sp³-hybridized carbons (Fsp3) is 0.409. The van der Waals surface area contributed by atoms with E-state index in [9.17, 15) is 9.18 Å². The normalized spacial score (nSPS) is 20.4. The Morgan fingerprint density at radius 1 is 1.08 bits per heavy atom. The predicted octanol–water partition coefficient (Wildman–Crippen LogP) is 4.11. The van der Waals surface area contributed by atoms with Crippen molar-refractivity contribution in [3.05, 3.63) is 65.5 Å². The molecule has 0 spiro atoms. The summed E-state index contributed by atoms with van der Waals surface area (Å²) in [5, 5.41) is 0. The van der Waals surface area contributed by atoms with Crippen molar-refractivity contribution in [2.24, 2.45) is 0 Å². The highest BCUT2D eigenvalue weighted by atomic mass is 19.1. The zero-order valence-corrected chi connectivity index (χ0v) is 15.4. The molecule has 2 aromatic carbocycles. The molecular weight excluding hydrogens is 327 g/mol. The molecule has 0 bridgehead atoms. The maximum Gasteiger partial charge on any atom is 0.237 e. The summed E-state index contributed by atoms with van der Waals surface area (Å²) in [6, 6.07) is 15.5. The van der Waals surface area contributed by atoms with Gasteiger partial charge in [-0.25, -0.2) is 4.39 Å². The second kappa shape index (κ2) is 6.51. The highest BCUT2D eigenvalue weighted by Gasteiger charge is 2.46. The second-order valence-corrected chi connectivity index (χ2v) is 7.95. The third kappa shape index (κ3) is 2.92. The minimum absolute atomic E-state index is 0.0969. The van der Waals surface area contributed by atoms with E-state index in [2.05, 4.69) is 29.2 Å². The van der Waals surface area contributed by atoms with Crippen LogP contribution in [-0.2, 0) is 16.8 Å². The molecule has 4 heteroatoms. The number of fused-ring (bicyclic) bond motifs is 1. The van der Waals surface area contributed by atoms with Crippen LogP contribution in [0.2, 0.25) is 0 Å². The number of halogens is 1. The van der Waals surface area contributed by atoms with Crippen LogP contribution in [0.4, 0.5) is 10.1 Å². The summed E-state index contributed by atoms with van der Waals surface area (Å²) >= 11 is 0. The van der Waals surface area contributed by atoms with E-state index in [0.717, 1.165) is 43.7 Å². The number of hydrogen-bond acceptors (Lipinski definition) is 2. The Morgan fingerprint density at radius 3 is 2.46 bits per heavy atom. The minimum Gasteiger partial charge on any atom is -0.308 e. The Morgan fingerprint density at radius 2 is 1.77 bits per heavy atom. The van der Waals surface area contributed by atoms with Gasteiger partial charge in [-0.3, -0.25) is 9.69 Å². The van der Waals surface area contributed by atoms with Crippen LogP contribution in [0.25, 0.3) is 0 Å². The van der Waals surface area contributed by atoms with E-state index in [-0.39, 0.29) is 17.8 Å². The van der Waals surface area contributed by atoms with Gasteiger partial charge in [0.1, 0.15) is 5.82 Å². The number of hydrogen-bond donors (Lipinski definition) is 0. The number of piperidine rings is 1. The molecule has 0 aromatic heterocycles. The molecule has 0 saturated carbocycles. The van der Waals surface area contributed by atoms with E-state index in [1.165, 1.54) is 17.7 Å². The van der Waals surface area contributed by atoms with Crippen molar-refractivity contribution >= 4 is 11.6 Å². The number of likely N-dealkylation sites (tertiary alicyclic amines) is 1. The molecule has 2 heterocycles. The molecule has 2 aromatic rings. The fourth-order valence-electron chi connectivity index (χ4n) is 4.28. The molecule has 0 N–H and O–H groups in total. The smallest absolute Gasteiger partial charge is 0.237 e. The Bertz CT molecular complexity index is 810. The summed E-state index contributed by atoms with van der Waals surface area (Å²) < 4.78 is 13.7. The van der Waals surface area contributed by atoms with Crippen LogP contribution in [0.1, 0.15) is 37.8 Å². The van der Waals surface area contributed by atoms with E-state index >= 15 is 0 Å². The highest BCUT2D eigenvalue weighted by molar-refractivity contribution is 6.08. The summed E-state index contributed by atoms with van der Waals surface area (Å²) in [6.45, 7) is 6.70. The predicted molar refractivity (Wildman–Crippen MR) is 102 cm³/mol. The van der Waals surface area contributed by atoms with Crippen LogP contribution in [-0.4, -0.2) is 29.9 Å². The van der Waals surface area contributed by atoms with Crippen LogP contribution in [0.5, 0.6) is 0 Å². The Balaban J connectivity index is 1.49. The van der Waals surface area contributed by atoms with Crippen molar-refractivity contribution < 1.29 is 9.18 Å². The first-order chi connectivity index (χ1) is 12.5. The van der Waals surface area contributed by atoms with Crippen LogP contribution in [0.3, 0.4) is 0 Å². The van der Waals surface area contributed by atoms with Gasteiger partial charge >= 0.3 is 0 Å². The van der Waals surface area contributed by atoms with Crippen molar-refractivity contribution in [3.8, 4) is 0 Å². The Kier molecular flexibility index (Phi) is 4.31. The van der Waals surface area contributed by atoms with Gasteiger partial charge in [0.15, 0.2) is 0 Å². The standard InChI is InChI=1S/C22H25FN2O/c1-22(2)19-14-17(23)8-9-20(19)25(21(22)26)18-10-12-24(13-11-18)15-16-6-4-3-5-7-16/h3-9,14,18H,10-13,15H2,1-2H3. The van der Waals surface area contributed by atoms with Crippen LogP contribution < -0.4 is 4.90 Å². The summed E-state index contributed by atoms with van der Waals surface area (Å²) in [5.41, 5.74) is 2.38. The molecule has 0 radical (unpaired) electrons. The quantitative estimate of drug-likeness (QED) is 0.830. The van der Waals surface area contributed by atoms with Crippen molar-refractivity contribution in [1.29, 1.82) is 0 Å². The number of carbonyl (C=O) groups is 1. The minimum atomic E-state index is -0.654. The maximum atomic E-state index is 13.7. The lowest BCUT2D eigenvalue weighted by molar-refractivity contribution is -0.122. The number of nitrogens with zero attached hydrogens (tertiary/aromatic N) is 2. The van der Waals surface area contributed by atoms with Gasteiger partial charge < -0.3 is 4.90 Å². The summed E-state index contributed by atoms with van der Waals surface area (Å²) in [6.07, 6.45) is 1.90. The number of carbonyl (C=O) groups excluding carboxylic acids is 1. The molecule has 1 fully saturated rings. The van der Waals surface area contributed by atoms with E-state index < -0.39 is 5.41 Å². The van der Waals surface area contributed by atoms with Gasteiger partial charge in [0.25, 0.3) is 0 Å². The fourth-order valence-corrected chi connectivity index (χ4v) is 4.28. The molecule has 4 rings (SSSR count). The van der Waals surface area contributed by atoms with Crippen molar-refractivity contribution in [2.75, 3.05) is 18.0 Å². The van der Waals surface area contributed by atoms with Gasteiger partial charge in [0, 0.05) is 31.4 Å². The molecular formula is C22H25FN2O. The van der Waals surface area contributed by atoms with Crippen LogP contribution in [0, 0.1) is 5.82 Å². The van der Waals surface area contributed by atoms with E-state index in [4.69, 9.17) is 0 Å². The Hall–Kier alpha value is -2.20. The second-order valence-electron chi connectivity index (χ2n) is 7.95. The van der Waals surface area contributed by atoms with E-state index in [0.29, 0.717) is 0 Å². The molecule has 136 valence electrons. The molecule has 1 amide bonds. The molecule has 1 saturated heterocycles. The number of amides is 1. The number of benzene rings is 2. The monoisotopic (exact) mass is 352 g/mol. The van der Waals surface area contributed by atoms with Gasteiger partial charge in [0.2, 0.25) is 5.91 Å². The molecule has 2 aliphatic heterocycles. The average molecular weight is 352 g/mol. The highest BCUT2D eigenvalue weighted by Crippen LogP contribution is 2.44. The van der Waals surface area contributed by atoms with E-state index in [1.807, 2.05) is 24.8 Å². The Labute approximate surface area is 154 Å². The molecule has 26 heavy (non-hydrogen) atoms. The number of rotatable bonds is 3. The molecule has 0 aliphatic carbocycles. The SMILES string of the molecule is CC1(C)C(=O)N(C2CCN(Cc3ccccc3)CC2)c2ccc(F)cc21. The number of anilines is 1. The van der Waals surface area contributed by atoms with Crippen molar-refractivity contribution in [1.82, 2.24) is 4.90 Å². The topological polar surface area (TPSA) is 23.6 Å². The van der Waals surface area contributed by atoms with Gasteiger partial charge in [0.05, 0.1) is 5.41 Å². The molecule has 3 nitrogen and oxygen atoms in total. The third-order valence-electron chi connectivity index (χ3n) is 5.82. The zero-order valence-electron chi connectivity index (χ0n) is 15.4. The first kappa shape index (κ1) is 17.2. The lowest BCUT2D eigenvalue weighted by atomic mass is 9.86. The first-order valence-corrected chi connectivity index (χ1v) is 9.37. The van der Waals surface area contributed by atoms with Gasteiger partial charge in [-0.15, -0.1) is 0 Å². The lowest BCUT2D eigenvalue weighted by Gasteiger charge is -2.37. The summed E-state index contributed by atoms with van der Waals surface area (Å²) in [4.78, 5) is 17.4. The summed E-state index contributed by atoms with van der Waals surface area (Å²) in [5.74, 6) is -0.177. The van der Waals surface area contributed by atoms with Gasteiger partial charge in [-0.1, -0.05) is 30.3 Å². The summed E-state index contributed by atoms with van der Waals surface area (Å²) in [7, 11) is 0. The van der Waals surface area contributed by atoms with E-state index in [1.54, 1.807) is 6.07 Å². The molecule has 2 aliphatic rings.